The standard InChI is InChI=1S/C13H13N5/c1-10-2-3-16-13(11(10)8-14)18-7-6-17-5-4-15-12(17)9-18/h2-5H,6-7,9H2,1H3. The number of hydrogen-bond acceptors (Lipinski definition) is 4. The molecule has 0 atom stereocenters. The van der Waals surface area contributed by atoms with Crippen LogP contribution in [0.2, 0.25) is 0 Å². The summed E-state index contributed by atoms with van der Waals surface area (Å²) >= 11 is 0. The normalized spacial score (nSPS) is 14.1. The first-order valence-corrected chi connectivity index (χ1v) is 5.90. The Bertz CT molecular complexity index is 623. The summed E-state index contributed by atoms with van der Waals surface area (Å²) in [7, 11) is 0. The summed E-state index contributed by atoms with van der Waals surface area (Å²) in [6.07, 6.45) is 5.56. The molecule has 5 heteroatoms. The molecule has 0 unspecified atom stereocenters. The molecule has 2 aromatic heterocycles. The Morgan fingerprint density at radius 3 is 3.00 bits per heavy atom. The van der Waals surface area contributed by atoms with Crippen molar-refractivity contribution in [2.24, 2.45) is 0 Å². The number of aromatic nitrogens is 3. The highest BCUT2D eigenvalue weighted by Crippen LogP contribution is 2.23. The number of anilines is 1. The van der Waals surface area contributed by atoms with Gasteiger partial charge in [0.15, 0.2) is 0 Å². The average molecular weight is 239 g/mol. The van der Waals surface area contributed by atoms with Crippen molar-refractivity contribution < 1.29 is 0 Å². The predicted molar refractivity (Wildman–Crippen MR) is 67.0 cm³/mol. The highest BCUT2D eigenvalue weighted by Gasteiger charge is 2.20. The molecule has 0 saturated carbocycles. The second-order valence-corrected chi connectivity index (χ2v) is 4.40. The van der Waals surface area contributed by atoms with E-state index in [2.05, 4.69) is 25.5 Å². The van der Waals surface area contributed by atoms with E-state index in [9.17, 15) is 5.26 Å². The molecule has 0 spiro atoms. The number of nitriles is 1. The molecule has 1 aliphatic heterocycles. The van der Waals surface area contributed by atoms with E-state index in [-0.39, 0.29) is 0 Å². The first kappa shape index (κ1) is 10.8. The van der Waals surface area contributed by atoms with Gasteiger partial charge in [-0.05, 0) is 18.6 Å². The Hall–Kier alpha value is -2.35. The van der Waals surface area contributed by atoms with E-state index in [1.807, 2.05) is 25.4 Å². The quantitative estimate of drug-likeness (QED) is 0.756. The fourth-order valence-corrected chi connectivity index (χ4v) is 2.28. The monoisotopic (exact) mass is 239 g/mol. The summed E-state index contributed by atoms with van der Waals surface area (Å²) in [6, 6.07) is 4.12. The second-order valence-electron chi connectivity index (χ2n) is 4.40. The molecular formula is C13H13N5. The van der Waals surface area contributed by atoms with E-state index in [1.54, 1.807) is 6.20 Å². The van der Waals surface area contributed by atoms with Crippen molar-refractivity contribution in [2.45, 2.75) is 20.0 Å². The Kier molecular flexibility index (Phi) is 2.49. The number of rotatable bonds is 1. The molecule has 0 N–H and O–H groups in total. The van der Waals surface area contributed by atoms with Crippen molar-refractivity contribution in [1.29, 1.82) is 5.26 Å². The van der Waals surface area contributed by atoms with Crippen LogP contribution in [-0.2, 0) is 13.1 Å². The first-order chi connectivity index (χ1) is 8.79. The fraction of sp³-hybridized carbons (Fsp3) is 0.308. The zero-order valence-electron chi connectivity index (χ0n) is 10.2. The molecular weight excluding hydrogens is 226 g/mol. The first-order valence-electron chi connectivity index (χ1n) is 5.90. The Balaban J connectivity index is 1.99. The maximum absolute atomic E-state index is 9.25. The number of pyridine rings is 1. The highest BCUT2D eigenvalue weighted by molar-refractivity contribution is 5.57. The topological polar surface area (TPSA) is 57.7 Å². The van der Waals surface area contributed by atoms with Gasteiger partial charge in [-0.3, -0.25) is 0 Å². The van der Waals surface area contributed by atoms with Gasteiger partial charge in [0.25, 0.3) is 0 Å². The molecule has 5 nitrogen and oxygen atoms in total. The summed E-state index contributed by atoms with van der Waals surface area (Å²) in [5, 5.41) is 9.25. The third kappa shape index (κ3) is 1.63. The van der Waals surface area contributed by atoms with Crippen LogP contribution < -0.4 is 4.90 Å². The molecule has 0 aliphatic carbocycles. The van der Waals surface area contributed by atoms with Gasteiger partial charge in [0.05, 0.1) is 12.1 Å². The summed E-state index contributed by atoms with van der Waals surface area (Å²) in [4.78, 5) is 10.8. The van der Waals surface area contributed by atoms with E-state index in [0.717, 1.165) is 30.3 Å². The summed E-state index contributed by atoms with van der Waals surface area (Å²) in [6.45, 7) is 4.39. The van der Waals surface area contributed by atoms with Crippen molar-refractivity contribution >= 4 is 5.82 Å². The van der Waals surface area contributed by atoms with E-state index in [4.69, 9.17) is 0 Å². The minimum absolute atomic E-state index is 0.664. The number of fused-ring (bicyclic) bond motifs is 1. The van der Waals surface area contributed by atoms with Crippen molar-refractivity contribution in [3.63, 3.8) is 0 Å². The number of hydrogen-bond donors (Lipinski definition) is 0. The van der Waals surface area contributed by atoms with Crippen LogP contribution in [0.15, 0.2) is 24.7 Å². The molecule has 0 saturated heterocycles. The largest absolute Gasteiger partial charge is 0.346 e. The summed E-state index contributed by atoms with van der Waals surface area (Å²) in [5.41, 5.74) is 1.63. The van der Waals surface area contributed by atoms with Gasteiger partial charge in [-0.25, -0.2) is 9.97 Å². The molecule has 0 aromatic carbocycles. The third-order valence-corrected chi connectivity index (χ3v) is 3.30. The maximum atomic E-state index is 9.25. The molecule has 0 fully saturated rings. The lowest BCUT2D eigenvalue weighted by atomic mass is 10.1. The second kappa shape index (κ2) is 4.15. The number of aryl methyl sites for hydroxylation is 1. The lowest BCUT2D eigenvalue weighted by Crippen LogP contribution is -2.34. The van der Waals surface area contributed by atoms with Crippen LogP contribution in [0.25, 0.3) is 0 Å². The van der Waals surface area contributed by atoms with Gasteiger partial charge in [0.1, 0.15) is 17.7 Å². The van der Waals surface area contributed by atoms with Crippen molar-refractivity contribution in [1.82, 2.24) is 14.5 Å². The lowest BCUT2D eigenvalue weighted by molar-refractivity contribution is 0.555. The van der Waals surface area contributed by atoms with Crippen LogP contribution in [0.3, 0.4) is 0 Å². The fourth-order valence-electron chi connectivity index (χ4n) is 2.28. The minimum atomic E-state index is 0.664. The molecule has 1 aliphatic rings. The molecule has 3 heterocycles. The van der Waals surface area contributed by atoms with E-state index in [1.165, 1.54) is 0 Å². The average Bonchev–Trinajstić information content (AvgIpc) is 2.85. The third-order valence-electron chi connectivity index (χ3n) is 3.30. The Labute approximate surface area is 105 Å². The van der Waals surface area contributed by atoms with Crippen LogP contribution in [0.1, 0.15) is 17.0 Å². The summed E-state index contributed by atoms with van der Waals surface area (Å²) in [5.74, 6) is 1.79. The van der Waals surface area contributed by atoms with Gasteiger partial charge in [-0.1, -0.05) is 0 Å². The molecule has 2 aromatic rings. The lowest BCUT2D eigenvalue weighted by Gasteiger charge is -2.29. The Morgan fingerprint density at radius 1 is 1.28 bits per heavy atom. The molecule has 0 radical (unpaired) electrons. The zero-order chi connectivity index (χ0) is 12.5. The maximum Gasteiger partial charge on any atom is 0.147 e. The molecule has 18 heavy (non-hydrogen) atoms. The van der Waals surface area contributed by atoms with Crippen molar-refractivity contribution in [2.75, 3.05) is 11.4 Å². The van der Waals surface area contributed by atoms with Gasteiger partial charge >= 0.3 is 0 Å². The van der Waals surface area contributed by atoms with Crippen LogP contribution in [-0.4, -0.2) is 21.1 Å². The Morgan fingerprint density at radius 2 is 2.17 bits per heavy atom. The molecule has 90 valence electrons. The van der Waals surface area contributed by atoms with E-state index in [0.29, 0.717) is 12.1 Å². The van der Waals surface area contributed by atoms with E-state index >= 15 is 0 Å². The van der Waals surface area contributed by atoms with Crippen molar-refractivity contribution in [3.05, 3.63) is 41.6 Å². The highest BCUT2D eigenvalue weighted by atomic mass is 15.3. The van der Waals surface area contributed by atoms with Gasteiger partial charge in [0, 0.05) is 31.7 Å². The van der Waals surface area contributed by atoms with Crippen LogP contribution in [0.5, 0.6) is 0 Å². The molecule has 0 bridgehead atoms. The van der Waals surface area contributed by atoms with Crippen LogP contribution in [0.4, 0.5) is 5.82 Å². The SMILES string of the molecule is Cc1ccnc(N2CCn3ccnc3C2)c1C#N. The number of imidazole rings is 1. The van der Waals surface area contributed by atoms with Gasteiger partial charge in [-0.2, -0.15) is 5.26 Å². The van der Waals surface area contributed by atoms with Crippen LogP contribution >= 0.6 is 0 Å². The predicted octanol–water partition coefficient (Wildman–Crippen LogP) is 1.48. The van der Waals surface area contributed by atoms with E-state index < -0.39 is 0 Å². The van der Waals surface area contributed by atoms with Gasteiger partial charge in [-0.15, -0.1) is 0 Å². The smallest absolute Gasteiger partial charge is 0.147 e. The van der Waals surface area contributed by atoms with Crippen molar-refractivity contribution in [3.8, 4) is 6.07 Å². The zero-order valence-corrected chi connectivity index (χ0v) is 10.2. The van der Waals surface area contributed by atoms with Crippen LogP contribution in [0, 0.1) is 18.3 Å². The molecule has 3 rings (SSSR count). The van der Waals surface area contributed by atoms with Gasteiger partial charge in [0.2, 0.25) is 0 Å². The molecule has 0 amide bonds. The number of nitrogens with zero attached hydrogens (tertiary/aromatic N) is 5. The van der Waals surface area contributed by atoms with Gasteiger partial charge < -0.3 is 9.47 Å². The minimum Gasteiger partial charge on any atom is -0.346 e. The summed E-state index contributed by atoms with van der Waals surface area (Å²) < 4.78 is 2.14.